The Balaban J connectivity index is 0.000000141. The molecule has 0 aliphatic heterocycles. The SMILES string of the molecule is Brc1ccc(-c2ccccc2)c2ccccc12.Brc1ccc(Br)c2ccccc12.OB(O)c1ccccc1. The van der Waals surface area contributed by atoms with Crippen LogP contribution < -0.4 is 5.46 Å². The van der Waals surface area contributed by atoms with Crippen molar-refractivity contribution in [1.29, 1.82) is 0 Å². The normalized spacial score (nSPS) is 10.2. The van der Waals surface area contributed by atoms with E-state index in [2.05, 4.69) is 121 Å². The number of halogens is 3. The van der Waals surface area contributed by atoms with Gasteiger partial charge in [-0.25, -0.2) is 0 Å². The summed E-state index contributed by atoms with van der Waals surface area (Å²) in [5.41, 5.74) is 3.07. The number of rotatable bonds is 2. The van der Waals surface area contributed by atoms with Crippen molar-refractivity contribution in [3.8, 4) is 11.1 Å². The van der Waals surface area contributed by atoms with Crippen LogP contribution in [0.25, 0.3) is 32.7 Å². The van der Waals surface area contributed by atoms with E-state index in [9.17, 15) is 0 Å². The average Bonchev–Trinajstić information content (AvgIpc) is 2.97. The van der Waals surface area contributed by atoms with E-state index in [4.69, 9.17) is 10.0 Å². The van der Waals surface area contributed by atoms with Crippen molar-refractivity contribution in [2.24, 2.45) is 0 Å². The molecule has 0 heterocycles. The van der Waals surface area contributed by atoms with Gasteiger partial charge in [-0.15, -0.1) is 0 Å². The summed E-state index contributed by atoms with van der Waals surface area (Å²) < 4.78 is 3.43. The zero-order valence-electron chi connectivity index (χ0n) is 20.3. The molecule has 6 aromatic rings. The van der Waals surface area contributed by atoms with Gasteiger partial charge < -0.3 is 10.0 Å². The highest BCUT2D eigenvalue weighted by Crippen LogP contribution is 2.33. The second-order valence-corrected chi connectivity index (χ2v) is 10.9. The molecule has 6 rings (SSSR count). The molecule has 0 aromatic heterocycles. The van der Waals surface area contributed by atoms with Gasteiger partial charge in [0, 0.05) is 13.4 Å². The standard InChI is InChI=1S/C16H11Br.C10H6Br2.C6H7BO2/c17-16-11-10-13(12-6-2-1-3-7-12)14-8-4-5-9-15(14)16;11-9-5-6-10(12)8-4-2-1-3-7(8)9;8-7(9)6-4-2-1-3-5-6/h1-11H;1-6H;1-5,8-9H. The molecule has 0 saturated carbocycles. The molecule has 0 bridgehead atoms. The van der Waals surface area contributed by atoms with Crippen LogP contribution in [0.3, 0.4) is 0 Å². The first-order chi connectivity index (χ1) is 18.5. The maximum Gasteiger partial charge on any atom is 0.488 e. The van der Waals surface area contributed by atoms with Crippen molar-refractivity contribution >= 4 is 81.9 Å². The van der Waals surface area contributed by atoms with Gasteiger partial charge in [-0.05, 0) is 56.3 Å². The third-order valence-electron chi connectivity index (χ3n) is 5.87. The average molecular weight is 691 g/mol. The van der Waals surface area contributed by atoms with E-state index in [1.54, 1.807) is 24.3 Å². The lowest BCUT2D eigenvalue weighted by molar-refractivity contribution is 0.426. The number of hydrogen-bond acceptors (Lipinski definition) is 2. The highest BCUT2D eigenvalue weighted by Gasteiger charge is 2.07. The minimum absolute atomic E-state index is 0.525. The predicted octanol–water partition coefficient (Wildman–Crippen LogP) is 9.00. The van der Waals surface area contributed by atoms with Crippen molar-refractivity contribution in [2.75, 3.05) is 0 Å². The Bertz CT molecular complexity index is 1580. The number of benzene rings is 6. The number of fused-ring (bicyclic) bond motifs is 2. The second kappa shape index (κ2) is 13.9. The molecular weight excluding hydrogens is 667 g/mol. The summed E-state index contributed by atoms with van der Waals surface area (Å²) >= 11 is 10.6. The molecule has 0 saturated heterocycles. The molecule has 38 heavy (non-hydrogen) atoms. The van der Waals surface area contributed by atoms with Crippen LogP contribution >= 0.6 is 47.8 Å². The molecule has 0 spiro atoms. The van der Waals surface area contributed by atoms with E-state index >= 15 is 0 Å². The zero-order chi connectivity index (χ0) is 26.9. The first-order valence-electron chi connectivity index (χ1n) is 11.9. The summed E-state index contributed by atoms with van der Waals surface area (Å²) in [7, 11) is -1.34. The lowest BCUT2D eigenvalue weighted by Crippen LogP contribution is -2.29. The van der Waals surface area contributed by atoms with Crippen LogP contribution in [0.15, 0.2) is 147 Å². The third-order valence-corrected chi connectivity index (χ3v) is 7.95. The molecule has 0 amide bonds. The Morgan fingerprint density at radius 1 is 0.395 bits per heavy atom. The Kier molecular flexibility index (Phi) is 10.3. The lowest BCUT2D eigenvalue weighted by Gasteiger charge is -2.08. The first-order valence-corrected chi connectivity index (χ1v) is 14.3. The van der Waals surface area contributed by atoms with Crippen LogP contribution in [0.4, 0.5) is 0 Å². The molecule has 0 atom stereocenters. The van der Waals surface area contributed by atoms with Gasteiger partial charge in [-0.2, -0.15) is 0 Å². The molecule has 0 unspecified atom stereocenters. The van der Waals surface area contributed by atoms with E-state index in [0.717, 1.165) is 13.4 Å². The largest absolute Gasteiger partial charge is 0.488 e. The van der Waals surface area contributed by atoms with Crippen molar-refractivity contribution in [2.45, 2.75) is 0 Å². The molecule has 2 N–H and O–H groups in total. The van der Waals surface area contributed by atoms with Crippen LogP contribution in [0.1, 0.15) is 0 Å². The van der Waals surface area contributed by atoms with E-state index in [0.29, 0.717) is 5.46 Å². The minimum Gasteiger partial charge on any atom is -0.423 e. The molecule has 6 heteroatoms. The lowest BCUT2D eigenvalue weighted by atomic mass is 9.81. The first kappa shape index (κ1) is 28.3. The summed E-state index contributed by atoms with van der Waals surface area (Å²) in [6.45, 7) is 0. The molecular formula is C32H24BBr3O2. The van der Waals surface area contributed by atoms with Crippen molar-refractivity contribution < 1.29 is 10.0 Å². The quantitative estimate of drug-likeness (QED) is 0.178. The molecule has 0 radical (unpaired) electrons. The summed E-state index contributed by atoms with van der Waals surface area (Å²) in [6.07, 6.45) is 0. The number of hydrogen-bond donors (Lipinski definition) is 2. The molecule has 0 aliphatic rings. The van der Waals surface area contributed by atoms with Gasteiger partial charge in [0.25, 0.3) is 0 Å². The monoisotopic (exact) mass is 688 g/mol. The van der Waals surface area contributed by atoms with Gasteiger partial charge in [-0.1, -0.05) is 163 Å². The van der Waals surface area contributed by atoms with Crippen LogP contribution in [0.2, 0.25) is 0 Å². The Morgan fingerprint density at radius 3 is 1.21 bits per heavy atom. The van der Waals surface area contributed by atoms with Crippen LogP contribution in [-0.4, -0.2) is 17.2 Å². The summed E-state index contributed by atoms with van der Waals surface area (Å²) in [5.74, 6) is 0. The van der Waals surface area contributed by atoms with Gasteiger partial charge in [0.2, 0.25) is 0 Å². The topological polar surface area (TPSA) is 40.5 Å². The van der Waals surface area contributed by atoms with Crippen molar-refractivity contribution in [1.82, 2.24) is 0 Å². The van der Waals surface area contributed by atoms with E-state index in [-0.39, 0.29) is 0 Å². The van der Waals surface area contributed by atoms with Crippen LogP contribution in [0.5, 0.6) is 0 Å². The minimum atomic E-state index is -1.34. The second-order valence-electron chi connectivity index (χ2n) is 8.37. The molecule has 0 fully saturated rings. The van der Waals surface area contributed by atoms with Gasteiger partial charge in [0.15, 0.2) is 0 Å². The Labute approximate surface area is 248 Å². The van der Waals surface area contributed by atoms with Gasteiger partial charge in [0.1, 0.15) is 0 Å². The molecule has 0 aliphatic carbocycles. The van der Waals surface area contributed by atoms with Gasteiger partial charge in [-0.3, -0.25) is 0 Å². The fraction of sp³-hybridized carbons (Fsp3) is 0. The fourth-order valence-electron chi connectivity index (χ4n) is 3.98. The zero-order valence-corrected chi connectivity index (χ0v) is 25.1. The van der Waals surface area contributed by atoms with E-state index in [1.807, 2.05) is 36.4 Å². The van der Waals surface area contributed by atoms with Gasteiger partial charge >= 0.3 is 7.12 Å². The van der Waals surface area contributed by atoms with E-state index < -0.39 is 7.12 Å². The van der Waals surface area contributed by atoms with Crippen molar-refractivity contribution in [3.05, 3.63) is 147 Å². The maximum absolute atomic E-state index is 8.58. The summed E-state index contributed by atoms with van der Waals surface area (Å²) in [6, 6.07) is 44.3. The Hall–Kier alpha value is -2.74. The Morgan fingerprint density at radius 2 is 0.763 bits per heavy atom. The van der Waals surface area contributed by atoms with Crippen molar-refractivity contribution in [3.63, 3.8) is 0 Å². The predicted molar refractivity (Wildman–Crippen MR) is 173 cm³/mol. The summed E-state index contributed by atoms with van der Waals surface area (Å²) in [4.78, 5) is 0. The fourth-order valence-corrected chi connectivity index (χ4v) is 5.42. The molecule has 188 valence electrons. The maximum atomic E-state index is 8.58. The smallest absolute Gasteiger partial charge is 0.423 e. The van der Waals surface area contributed by atoms with Crippen LogP contribution in [0, 0.1) is 0 Å². The highest BCUT2D eigenvalue weighted by atomic mass is 79.9. The van der Waals surface area contributed by atoms with E-state index in [1.165, 1.54) is 32.7 Å². The highest BCUT2D eigenvalue weighted by molar-refractivity contribution is 9.11. The molecule has 2 nitrogen and oxygen atoms in total. The van der Waals surface area contributed by atoms with Gasteiger partial charge in [0.05, 0.1) is 0 Å². The third kappa shape index (κ3) is 7.22. The van der Waals surface area contributed by atoms with Crippen LogP contribution in [-0.2, 0) is 0 Å². The molecule has 6 aromatic carbocycles. The summed E-state index contributed by atoms with van der Waals surface area (Å²) in [5, 5.41) is 22.2.